The van der Waals surface area contributed by atoms with E-state index in [4.69, 9.17) is 4.98 Å². The third kappa shape index (κ3) is 4.13. The van der Waals surface area contributed by atoms with Crippen molar-refractivity contribution in [1.82, 2.24) is 9.55 Å². The second-order valence-corrected chi connectivity index (χ2v) is 9.61. The molecule has 0 saturated heterocycles. The predicted octanol–water partition coefficient (Wildman–Crippen LogP) is 9.69. The van der Waals surface area contributed by atoms with Crippen LogP contribution in [-0.2, 0) is 0 Å². The van der Waals surface area contributed by atoms with Crippen molar-refractivity contribution in [3.8, 4) is 50.5 Å². The average molecular weight is 499 g/mol. The zero-order chi connectivity index (χ0) is 26.0. The van der Waals surface area contributed by atoms with Crippen LogP contribution in [0.3, 0.4) is 0 Å². The van der Waals surface area contributed by atoms with E-state index in [1.807, 2.05) is 0 Å². The lowest BCUT2D eigenvalue weighted by Crippen LogP contribution is -1.99. The second kappa shape index (κ2) is 9.92. The molecule has 0 saturated carbocycles. The van der Waals surface area contributed by atoms with Gasteiger partial charge in [-0.3, -0.25) is 4.57 Å². The molecule has 2 nitrogen and oxygen atoms in total. The van der Waals surface area contributed by atoms with Gasteiger partial charge < -0.3 is 0 Å². The normalized spacial score (nSPS) is 11.1. The fourth-order valence-corrected chi connectivity index (χ4v) is 5.44. The van der Waals surface area contributed by atoms with E-state index < -0.39 is 0 Å². The maximum atomic E-state index is 5.47. The van der Waals surface area contributed by atoms with Gasteiger partial charge in [-0.2, -0.15) is 0 Å². The average Bonchev–Trinajstić information content (AvgIpc) is 3.43. The summed E-state index contributed by atoms with van der Waals surface area (Å²) in [6.45, 7) is 0. The van der Waals surface area contributed by atoms with Crippen LogP contribution in [0.15, 0.2) is 158 Å². The van der Waals surface area contributed by atoms with E-state index >= 15 is 0 Å². The smallest absolute Gasteiger partial charge is 0.145 e. The zero-order valence-electron chi connectivity index (χ0n) is 21.4. The summed E-state index contributed by atoms with van der Waals surface area (Å²) in [7, 11) is 0. The van der Waals surface area contributed by atoms with Gasteiger partial charge in [-0.25, -0.2) is 4.98 Å². The first-order valence-electron chi connectivity index (χ1n) is 13.2. The van der Waals surface area contributed by atoms with Crippen LogP contribution in [0.5, 0.6) is 0 Å². The van der Waals surface area contributed by atoms with Gasteiger partial charge in [0.05, 0.1) is 11.0 Å². The van der Waals surface area contributed by atoms with Crippen molar-refractivity contribution in [3.63, 3.8) is 0 Å². The van der Waals surface area contributed by atoms with Crippen LogP contribution in [0.2, 0.25) is 0 Å². The summed E-state index contributed by atoms with van der Waals surface area (Å²) >= 11 is 0. The molecular formula is C37H26N2. The van der Waals surface area contributed by atoms with Crippen molar-refractivity contribution in [2.75, 3.05) is 0 Å². The van der Waals surface area contributed by atoms with Gasteiger partial charge in [0.25, 0.3) is 0 Å². The third-order valence-electron chi connectivity index (χ3n) is 7.21. The van der Waals surface area contributed by atoms with Crippen LogP contribution < -0.4 is 0 Å². The Bertz CT molecular complexity index is 1860. The molecule has 39 heavy (non-hydrogen) atoms. The maximum Gasteiger partial charge on any atom is 0.145 e. The molecular weight excluding hydrogens is 472 g/mol. The molecule has 0 amide bonds. The monoisotopic (exact) mass is 498 g/mol. The number of hydrogen-bond donors (Lipinski definition) is 0. The first-order chi connectivity index (χ1) is 19.4. The molecule has 0 unspecified atom stereocenters. The molecule has 0 spiro atoms. The first-order valence-corrected chi connectivity index (χ1v) is 13.2. The minimum atomic E-state index is 0.927. The summed E-state index contributed by atoms with van der Waals surface area (Å²) in [5.41, 5.74) is 11.2. The number of imidazole rings is 1. The molecule has 0 fully saturated rings. The Morgan fingerprint density at radius 2 is 0.846 bits per heavy atom. The Hall–Kier alpha value is -5.21. The van der Waals surface area contributed by atoms with Gasteiger partial charge in [-0.05, 0) is 40.5 Å². The van der Waals surface area contributed by atoms with Gasteiger partial charge in [0.2, 0.25) is 0 Å². The Morgan fingerprint density at radius 1 is 0.410 bits per heavy atom. The van der Waals surface area contributed by atoms with Crippen molar-refractivity contribution in [3.05, 3.63) is 158 Å². The molecule has 6 aromatic carbocycles. The van der Waals surface area contributed by atoms with E-state index in [0.717, 1.165) is 50.4 Å². The van der Waals surface area contributed by atoms with Gasteiger partial charge in [-0.15, -0.1) is 0 Å². The third-order valence-corrected chi connectivity index (χ3v) is 7.21. The predicted molar refractivity (Wildman–Crippen MR) is 163 cm³/mol. The van der Waals surface area contributed by atoms with E-state index in [9.17, 15) is 0 Å². The summed E-state index contributed by atoms with van der Waals surface area (Å²) in [5, 5.41) is 0. The molecule has 0 aliphatic rings. The Balaban J connectivity index is 1.71. The molecule has 7 rings (SSSR count). The summed E-state index contributed by atoms with van der Waals surface area (Å²) in [5.74, 6) is 0.927. The van der Waals surface area contributed by atoms with Crippen molar-refractivity contribution in [2.45, 2.75) is 0 Å². The van der Waals surface area contributed by atoms with Gasteiger partial charge in [-0.1, -0.05) is 140 Å². The zero-order valence-corrected chi connectivity index (χ0v) is 21.4. The van der Waals surface area contributed by atoms with Crippen LogP contribution in [0, 0.1) is 0 Å². The topological polar surface area (TPSA) is 17.8 Å². The van der Waals surface area contributed by atoms with Crippen molar-refractivity contribution < 1.29 is 0 Å². The quantitative estimate of drug-likeness (QED) is 0.231. The number of para-hydroxylation sites is 1. The molecule has 1 aromatic heterocycles. The molecule has 0 radical (unpaired) electrons. The second-order valence-electron chi connectivity index (χ2n) is 9.61. The number of benzene rings is 6. The van der Waals surface area contributed by atoms with E-state index in [2.05, 4.69) is 162 Å². The molecule has 0 N–H and O–H groups in total. The van der Waals surface area contributed by atoms with E-state index in [0.29, 0.717) is 0 Å². The minimum Gasteiger partial charge on any atom is -0.292 e. The number of fused-ring (bicyclic) bond motifs is 1. The lowest BCUT2D eigenvalue weighted by Gasteiger charge is -2.17. The molecule has 0 atom stereocenters. The Morgan fingerprint density at radius 3 is 1.38 bits per heavy atom. The highest BCUT2D eigenvalue weighted by Gasteiger charge is 2.24. The van der Waals surface area contributed by atoms with Crippen LogP contribution in [-0.4, -0.2) is 9.55 Å². The van der Waals surface area contributed by atoms with Crippen molar-refractivity contribution in [2.24, 2.45) is 0 Å². The summed E-state index contributed by atoms with van der Waals surface area (Å²) in [6.07, 6.45) is 0. The highest BCUT2D eigenvalue weighted by Crippen LogP contribution is 2.45. The molecule has 184 valence electrons. The first kappa shape index (κ1) is 22.9. The molecule has 2 heteroatoms. The van der Waals surface area contributed by atoms with Gasteiger partial charge in [0.15, 0.2) is 0 Å². The summed E-state index contributed by atoms with van der Waals surface area (Å²) < 4.78 is 2.33. The Labute approximate surface area is 228 Å². The number of nitrogens with zero attached hydrogens (tertiary/aromatic N) is 2. The fraction of sp³-hybridized carbons (Fsp3) is 0. The summed E-state index contributed by atoms with van der Waals surface area (Å²) in [6, 6.07) is 55.4. The van der Waals surface area contributed by atoms with Gasteiger partial charge >= 0.3 is 0 Å². The Kier molecular flexibility index (Phi) is 5.84. The molecule has 0 bridgehead atoms. The summed E-state index contributed by atoms with van der Waals surface area (Å²) in [4.78, 5) is 5.47. The number of rotatable bonds is 5. The van der Waals surface area contributed by atoms with Crippen LogP contribution in [0.25, 0.3) is 61.5 Å². The SMILES string of the molecule is c1ccc(-c2cc(-c3ccccc3)c3c(nc(-c4ccccc4)n3-c3ccccc3)c2-c2ccccc2)cc1. The molecule has 0 aliphatic carbocycles. The number of hydrogen-bond acceptors (Lipinski definition) is 1. The lowest BCUT2D eigenvalue weighted by atomic mass is 9.89. The molecule has 0 aliphatic heterocycles. The molecule has 1 heterocycles. The molecule has 7 aromatic rings. The maximum absolute atomic E-state index is 5.47. The van der Waals surface area contributed by atoms with Crippen LogP contribution in [0.4, 0.5) is 0 Å². The minimum absolute atomic E-state index is 0.927. The lowest BCUT2D eigenvalue weighted by molar-refractivity contribution is 1.10. The van der Waals surface area contributed by atoms with Crippen molar-refractivity contribution >= 4 is 11.0 Å². The van der Waals surface area contributed by atoms with Gasteiger partial charge in [0.1, 0.15) is 5.82 Å². The van der Waals surface area contributed by atoms with Crippen LogP contribution >= 0.6 is 0 Å². The van der Waals surface area contributed by atoms with E-state index in [1.165, 1.54) is 11.1 Å². The van der Waals surface area contributed by atoms with E-state index in [1.54, 1.807) is 0 Å². The fourth-order valence-electron chi connectivity index (χ4n) is 5.44. The highest BCUT2D eigenvalue weighted by molar-refractivity contribution is 6.09. The van der Waals surface area contributed by atoms with E-state index in [-0.39, 0.29) is 0 Å². The highest BCUT2D eigenvalue weighted by atomic mass is 15.1. The van der Waals surface area contributed by atoms with Gasteiger partial charge in [0, 0.05) is 22.4 Å². The largest absolute Gasteiger partial charge is 0.292 e. The van der Waals surface area contributed by atoms with Crippen LogP contribution in [0.1, 0.15) is 0 Å². The standard InChI is InChI=1S/C37H26N2/c1-6-16-27(17-7-1)32-26-33(28-18-8-2-9-19-28)36-35(34(32)29-20-10-3-11-21-29)38-37(30-22-12-4-13-23-30)39(36)31-24-14-5-15-25-31/h1-26H. The number of aromatic nitrogens is 2. The van der Waals surface area contributed by atoms with Crippen molar-refractivity contribution in [1.29, 1.82) is 0 Å².